The van der Waals surface area contributed by atoms with E-state index in [0.29, 0.717) is 69.2 Å². The third-order valence-electron chi connectivity index (χ3n) is 25.6. The van der Waals surface area contributed by atoms with Crippen LogP contribution < -0.4 is 34.9 Å². The van der Waals surface area contributed by atoms with Crippen LogP contribution in [-0.2, 0) is 123 Å². The predicted octanol–water partition coefficient (Wildman–Crippen LogP) is 8.71. The molecular weight excluding hydrogens is 1730 g/mol. The first-order valence-electron chi connectivity index (χ1n) is 44.8. The maximum Gasteiger partial charge on any atom is 1.00 e. The number of carbonyl (C=O) groups excluding carboxylic acids is 5. The molecule has 2 spiro atoms. The molecule has 31 nitrogen and oxygen atoms in total. The van der Waals surface area contributed by atoms with E-state index in [1.165, 1.54) is 63.7 Å². The second-order valence-electron chi connectivity index (χ2n) is 36.4. The van der Waals surface area contributed by atoms with E-state index in [1.54, 1.807) is 0 Å². The molecule has 15 aliphatic rings. The zero-order valence-electron chi connectivity index (χ0n) is 78.3. The van der Waals surface area contributed by atoms with E-state index in [0.717, 1.165) is 228 Å². The van der Waals surface area contributed by atoms with Crippen molar-refractivity contribution >= 4 is 93.6 Å². The maximum atomic E-state index is 12.2. The number of hydrogen-bond donors (Lipinski definition) is 1. The summed E-state index contributed by atoms with van der Waals surface area (Å²) in [5.41, 5.74) is -5.96. The van der Waals surface area contributed by atoms with Crippen LogP contribution in [0.25, 0.3) is 0 Å². The van der Waals surface area contributed by atoms with Crippen LogP contribution in [0.2, 0.25) is 0 Å². The first-order valence-corrected chi connectivity index (χ1v) is 46.3. The number of nitrogens with zero attached hydrogens (tertiary/aromatic N) is 4. The van der Waals surface area contributed by atoms with Crippen molar-refractivity contribution in [1.82, 2.24) is 24.9 Å². The number of halogens is 5. The Labute approximate surface area is 792 Å². The molecule has 1 N–H and O–H groups in total. The van der Waals surface area contributed by atoms with Crippen molar-refractivity contribution in [2.45, 2.75) is 334 Å². The average molecular weight is 1890 g/mol. The second kappa shape index (κ2) is 57.1. The van der Waals surface area contributed by atoms with Crippen molar-refractivity contribution in [1.29, 1.82) is 0 Å². The molecule has 2 atom stereocenters. The van der Waals surface area contributed by atoms with Gasteiger partial charge in [-0.25, -0.2) is 19.4 Å². The second-order valence-corrected chi connectivity index (χ2v) is 37.9. The Hall–Kier alpha value is -2.19. The van der Waals surface area contributed by atoms with Gasteiger partial charge in [0, 0.05) is 195 Å². The van der Waals surface area contributed by atoms with Gasteiger partial charge in [0.2, 0.25) is 5.97 Å². The SMILES string of the molecule is C.C1CNCCOC1.C1COCCN(C2CCC3(CC2)OCCO3)C1.CC(=O)OOC(C)=O.CC1(C)OB(B2OC(C)(C)C(C)(C)O2)OC1(C)C.CC1(C)OB(C2=CCC(N3CCCOCC3)CC2)OC1(C)C.Cl.Cl.O=C1CCC(N2CCCOCC2)CC1.O=C1CCC2(CC1)OCCO2.O=S(=O)(OC1=CCC(N2CCCOCC2)CC1)C(F)(F)F.[B-]OC(C)=O.[Na+]. The van der Waals surface area contributed by atoms with Crippen molar-refractivity contribution in [3.8, 4) is 0 Å². The third-order valence-corrected chi connectivity index (χ3v) is 26.6. The fraction of sp³-hybridized carbons (Fsp3) is 0.894. The van der Waals surface area contributed by atoms with Gasteiger partial charge in [-0.3, -0.25) is 34.0 Å². The molecule has 0 amide bonds. The Morgan fingerprint density at radius 2 is 0.764 bits per heavy atom. The van der Waals surface area contributed by atoms with Crippen LogP contribution in [0.5, 0.6) is 0 Å². The summed E-state index contributed by atoms with van der Waals surface area (Å²) in [4.78, 5) is 68.8. The minimum absolute atomic E-state index is 0. The van der Waals surface area contributed by atoms with E-state index in [4.69, 9.17) is 70.6 Å². The zero-order chi connectivity index (χ0) is 90.2. The van der Waals surface area contributed by atoms with E-state index in [9.17, 15) is 45.6 Å². The third kappa shape index (κ3) is 39.8. The summed E-state index contributed by atoms with van der Waals surface area (Å²) < 4.78 is 152. The fourth-order valence-corrected chi connectivity index (χ4v) is 16.8. The van der Waals surface area contributed by atoms with Gasteiger partial charge in [-0.2, -0.15) is 21.6 Å². The van der Waals surface area contributed by atoms with Crippen LogP contribution >= 0.6 is 24.8 Å². The first kappa shape index (κ1) is 119. The van der Waals surface area contributed by atoms with E-state index in [1.807, 2.05) is 55.4 Å². The quantitative estimate of drug-likeness (QED) is 0.0780. The first-order chi connectivity index (χ1) is 58.0. The van der Waals surface area contributed by atoms with Crippen molar-refractivity contribution in [3.63, 3.8) is 0 Å². The number of allylic oxidation sites excluding steroid dienone is 2. The van der Waals surface area contributed by atoms with Crippen LogP contribution in [0.15, 0.2) is 23.4 Å². The molecule has 0 aromatic carbocycles. The van der Waals surface area contributed by atoms with Crippen molar-refractivity contribution < 1.29 is 164 Å². The van der Waals surface area contributed by atoms with Gasteiger partial charge in [0.05, 0.1) is 93.1 Å². The number of nitrogens with one attached hydrogen (secondary N) is 1. The topological polar surface area (TPSA) is 320 Å². The largest absolute Gasteiger partial charge is 1.00 e. The van der Waals surface area contributed by atoms with Gasteiger partial charge in [0.25, 0.3) is 0 Å². The minimum atomic E-state index is -5.55. The maximum absolute atomic E-state index is 12.2. The van der Waals surface area contributed by atoms with Crippen LogP contribution in [0.3, 0.4) is 0 Å². The summed E-state index contributed by atoms with van der Waals surface area (Å²) in [7, 11) is -2.33. The number of Topliss-reactive ketones (excluding diaryl/α,β-unsaturated/α-hetero) is 2. The van der Waals surface area contributed by atoms with Gasteiger partial charge in [-0.15, -0.1) is 24.8 Å². The molecule has 0 aromatic rings. The summed E-state index contributed by atoms with van der Waals surface area (Å²) in [5.74, 6) is -1.64. The molecule has 0 aromatic heterocycles. The molecule has 10 aliphatic heterocycles. The molecule has 10 saturated heterocycles. The average Bonchev–Trinajstić information content (AvgIpc) is 1.60. The summed E-state index contributed by atoms with van der Waals surface area (Å²) in [6, 6.07) is 2.23. The van der Waals surface area contributed by atoms with Gasteiger partial charge in [0.15, 0.2) is 11.6 Å². The molecule has 15 rings (SSSR count). The van der Waals surface area contributed by atoms with E-state index in [-0.39, 0.29) is 132 Å². The monoisotopic (exact) mass is 1890 g/mol. The normalized spacial score (nSPS) is 26.4. The molecule has 727 valence electrons. The van der Waals surface area contributed by atoms with Crippen molar-refractivity contribution in [2.24, 2.45) is 0 Å². The Morgan fingerprint density at radius 1 is 0.433 bits per heavy atom. The fourth-order valence-electron chi connectivity index (χ4n) is 16.3. The molecule has 2 unspecified atom stereocenters. The summed E-state index contributed by atoms with van der Waals surface area (Å²) in [6.45, 7) is 50.3. The summed E-state index contributed by atoms with van der Waals surface area (Å²) in [5, 5.41) is 3.22. The number of ether oxygens (including phenoxy) is 9. The van der Waals surface area contributed by atoms with Crippen molar-refractivity contribution in [2.75, 3.05) is 158 Å². The van der Waals surface area contributed by atoms with Gasteiger partial charge < -0.3 is 92.8 Å². The smallest absolute Gasteiger partial charge is 0.793 e. The van der Waals surface area contributed by atoms with E-state index >= 15 is 0 Å². The van der Waals surface area contributed by atoms with E-state index < -0.39 is 47.6 Å². The Bertz CT molecular complexity index is 3240. The van der Waals surface area contributed by atoms with Crippen LogP contribution in [0.4, 0.5) is 13.2 Å². The Balaban J connectivity index is 0.000000377. The molecule has 0 bridgehead atoms. The van der Waals surface area contributed by atoms with Crippen LogP contribution in [0, 0.1) is 0 Å². The summed E-state index contributed by atoms with van der Waals surface area (Å²) in [6.07, 6.45) is 25.1. The molecule has 13 fully saturated rings. The molecular formula is C85H152B4Cl2F3N5NaO26S. The van der Waals surface area contributed by atoms with E-state index in [2.05, 4.69) is 85.3 Å². The predicted molar refractivity (Wildman–Crippen MR) is 477 cm³/mol. The Kier molecular flexibility index (Phi) is 53.5. The van der Waals surface area contributed by atoms with Gasteiger partial charge in [0.1, 0.15) is 17.3 Å². The van der Waals surface area contributed by atoms with Crippen molar-refractivity contribution in [3.05, 3.63) is 23.4 Å². The molecule has 127 heavy (non-hydrogen) atoms. The number of alkyl halides is 3. The van der Waals surface area contributed by atoms with Crippen LogP contribution in [0.1, 0.15) is 259 Å². The van der Waals surface area contributed by atoms with Gasteiger partial charge in [-0.1, -0.05) is 13.5 Å². The Morgan fingerprint density at radius 3 is 1.12 bits per heavy atom. The molecule has 5 aliphatic carbocycles. The summed E-state index contributed by atoms with van der Waals surface area (Å²) >= 11 is 0. The molecule has 10 heterocycles. The zero-order valence-corrected chi connectivity index (χ0v) is 82.7. The number of hydrogen-bond acceptors (Lipinski definition) is 31. The molecule has 42 heteroatoms. The molecule has 3 radical (unpaired) electrons. The standard InChI is InChI=1S/C17H30BNO3.C13H23NO3.C12H24B2O4.C12H18F3NO4S.C11H19NO2.C8H12O3.C5H11NO.C4H6O4.C2H3BO2.CH4.2ClH.Na/c1-16(2)17(3,4)22-18(21-16)14-6-8-15(9-7-14)19-10-5-12-20-13-11-19;1-6-14(7-9-15-8-1)12-2-4-13(5-3-12)16-10-11-17-13;1-9(2)10(3,4)16-13(15-9)14-17-11(5,6)12(7,8)18-14;13-12(14,15)21(17,18)20-11-4-2-10(3-5-11)16-6-1-8-19-9-7-16;13-11-4-2-10(3-5-11)12-6-1-8-14-9-7-12;9-7-1-3-8(4-2-7)10-5-6-11-8;1-2-6-3-5-7-4-1;1-3(5)7-8-4(2)6;1-2(4)5-3;;;;/h6,15H,5,7-13H2,1-4H3;12H,1-11H2;1-8H3;4,10H,1-3,5-9H2;10H,1-9H2;1-6H2;6H,1-5H2;1-2H3;1H3;1H4;2*1H;/q;;;;;;;;-1;;;;+1. The van der Waals surface area contributed by atoms with Gasteiger partial charge >= 0.3 is 78.3 Å². The number of carbonyl (C=O) groups is 5. The van der Waals surface area contributed by atoms with Crippen LogP contribution in [-0.4, -0.2) is 319 Å². The molecule has 3 saturated carbocycles. The minimum Gasteiger partial charge on any atom is -0.793 e. The van der Waals surface area contributed by atoms with Gasteiger partial charge in [-0.05, 0) is 191 Å². The number of ketones is 2. The number of rotatable bonds is 8.